The van der Waals surface area contributed by atoms with Gasteiger partial charge in [-0.1, -0.05) is 63.2 Å². The van der Waals surface area contributed by atoms with Gasteiger partial charge in [-0.15, -0.1) is 0 Å². The summed E-state index contributed by atoms with van der Waals surface area (Å²) in [5.74, 6) is -0.338. The zero-order valence-electron chi connectivity index (χ0n) is 23.3. The van der Waals surface area contributed by atoms with Crippen molar-refractivity contribution in [3.05, 3.63) is 83.8 Å². The summed E-state index contributed by atoms with van der Waals surface area (Å²) in [4.78, 5) is 14.1. The number of para-hydroxylation sites is 1. The quantitative estimate of drug-likeness (QED) is 0.228. The molecule has 0 amide bonds. The predicted molar refractivity (Wildman–Crippen MR) is 162 cm³/mol. The highest BCUT2D eigenvalue weighted by molar-refractivity contribution is 6.79. The first-order valence-electron chi connectivity index (χ1n) is 13.4. The number of hydrogen-bond acceptors (Lipinski definition) is 4. The maximum atomic E-state index is 16.1. The Bertz CT molecular complexity index is 1790. The first-order chi connectivity index (χ1) is 18.6. The molecule has 1 aliphatic heterocycles. The monoisotopic (exact) mass is 515 g/mol. The van der Waals surface area contributed by atoms with Crippen molar-refractivity contribution in [1.82, 2.24) is 4.98 Å². The number of aryl methyl sites for hydroxylation is 1. The standard InChI is InChI=1S/C33H31BFN3O/c1-19-18-36-28(15-23(19)17-33(4,5)6)25-14-10-13-24-26-16-27(35)30(34-37-20(2)21(3)38-34)29(32(26)39-31(24)25)22-11-8-7-9-12-22/h7-16,18H,17H2,1-6H3. The van der Waals surface area contributed by atoms with Gasteiger partial charge in [0.2, 0.25) is 0 Å². The molecule has 0 aliphatic carbocycles. The number of rotatable bonds is 4. The Hall–Kier alpha value is -4.06. The highest BCUT2D eigenvalue weighted by Crippen LogP contribution is 2.40. The minimum Gasteiger partial charge on any atom is -0.455 e. The molecule has 39 heavy (non-hydrogen) atoms. The fourth-order valence-electron chi connectivity index (χ4n) is 5.45. The van der Waals surface area contributed by atoms with E-state index in [0.717, 1.165) is 45.4 Å². The molecule has 194 valence electrons. The molecule has 4 nitrogen and oxygen atoms in total. The van der Waals surface area contributed by atoms with Gasteiger partial charge in [0.05, 0.1) is 5.69 Å². The Balaban J connectivity index is 1.64. The van der Waals surface area contributed by atoms with Crippen LogP contribution in [0.1, 0.15) is 45.7 Å². The summed E-state index contributed by atoms with van der Waals surface area (Å²) in [5.41, 5.74) is 9.30. The van der Waals surface area contributed by atoms with Gasteiger partial charge in [0.1, 0.15) is 17.0 Å². The van der Waals surface area contributed by atoms with Crippen molar-refractivity contribution in [2.45, 2.75) is 48.0 Å². The van der Waals surface area contributed by atoms with Gasteiger partial charge < -0.3 is 14.2 Å². The fraction of sp³-hybridized carbons (Fsp3) is 0.242. The first kappa shape index (κ1) is 25.2. The number of fused-ring (bicyclic) bond motifs is 3. The molecule has 6 rings (SSSR count). The second-order valence-electron chi connectivity index (χ2n) is 11.7. The molecule has 3 heterocycles. The Morgan fingerprint density at radius 3 is 2.26 bits per heavy atom. The SMILES string of the molecule is CC1=NB(c2c(F)cc3c(oc4c(-c5cc(CC(C)(C)C)c(C)cn5)cccc43)c2-c2ccccc2)N=C1C. The van der Waals surface area contributed by atoms with Crippen molar-refractivity contribution in [1.29, 1.82) is 0 Å². The van der Waals surface area contributed by atoms with Crippen LogP contribution in [0, 0.1) is 18.2 Å². The molecule has 0 N–H and O–H groups in total. The van der Waals surface area contributed by atoms with Crippen LogP contribution in [0.25, 0.3) is 44.3 Å². The first-order valence-corrected chi connectivity index (χ1v) is 13.4. The molecular weight excluding hydrogens is 484 g/mol. The van der Waals surface area contributed by atoms with Gasteiger partial charge in [-0.05, 0) is 67.5 Å². The maximum absolute atomic E-state index is 16.1. The van der Waals surface area contributed by atoms with E-state index in [4.69, 9.17) is 9.40 Å². The lowest BCUT2D eigenvalue weighted by Gasteiger charge is -2.20. The van der Waals surface area contributed by atoms with Crippen LogP contribution < -0.4 is 5.46 Å². The largest absolute Gasteiger partial charge is 0.455 e. The van der Waals surface area contributed by atoms with Gasteiger partial charge in [0.25, 0.3) is 0 Å². The summed E-state index contributed by atoms with van der Waals surface area (Å²) in [6.45, 7) is 12.0. The van der Waals surface area contributed by atoms with Crippen LogP contribution in [0.5, 0.6) is 0 Å². The normalized spacial score (nSPS) is 13.9. The van der Waals surface area contributed by atoms with Crippen LogP contribution in [-0.2, 0) is 6.42 Å². The number of benzene rings is 3. The van der Waals surface area contributed by atoms with E-state index in [1.165, 1.54) is 11.1 Å². The summed E-state index contributed by atoms with van der Waals surface area (Å²) >= 11 is 0. The second-order valence-corrected chi connectivity index (χ2v) is 11.7. The third-order valence-corrected chi connectivity index (χ3v) is 7.47. The summed E-state index contributed by atoms with van der Waals surface area (Å²) < 4.78 is 22.8. The topological polar surface area (TPSA) is 50.8 Å². The van der Waals surface area contributed by atoms with Crippen LogP contribution >= 0.6 is 0 Å². The zero-order chi connectivity index (χ0) is 27.5. The second kappa shape index (κ2) is 9.30. The minimum absolute atomic E-state index is 0.148. The molecule has 1 aliphatic rings. The molecule has 0 atom stereocenters. The molecule has 0 saturated heterocycles. The van der Waals surface area contributed by atoms with Crippen molar-refractivity contribution in [2.75, 3.05) is 0 Å². The van der Waals surface area contributed by atoms with E-state index in [1.807, 2.05) is 68.6 Å². The van der Waals surface area contributed by atoms with Gasteiger partial charge in [0, 0.05) is 45.0 Å². The van der Waals surface area contributed by atoms with Crippen LogP contribution in [0.3, 0.4) is 0 Å². The van der Waals surface area contributed by atoms with Crippen LogP contribution in [0.4, 0.5) is 4.39 Å². The van der Waals surface area contributed by atoms with Crippen molar-refractivity contribution < 1.29 is 8.81 Å². The molecule has 5 aromatic rings. The molecule has 0 radical (unpaired) electrons. The zero-order valence-corrected chi connectivity index (χ0v) is 23.3. The van der Waals surface area contributed by atoms with Crippen LogP contribution in [0.2, 0.25) is 0 Å². The molecule has 2 aromatic heterocycles. The van der Waals surface area contributed by atoms with E-state index < -0.39 is 6.98 Å². The molecule has 0 fully saturated rings. The Morgan fingerprint density at radius 1 is 0.846 bits per heavy atom. The van der Waals surface area contributed by atoms with E-state index in [1.54, 1.807) is 6.07 Å². The van der Waals surface area contributed by atoms with Crippen molar-refractivity contribution in [3.8, 4) is 22.4 Å². The van der Waals surface area contributed by atoms with E-state index >= 15 is 4.39 Å². The number of nitrogens with zero attached hydrogens (tertiary/aromatic N) is 3. The third-order valence-electron chi connectivity index (χ3n) is 7.47. The number of hydrogen-bond donors (Lipinski definition) is 0. The predicted octanol–water partition coefficient (Wildman–Crippen LogP) is 7.98. The smallest absolute Gasteiger partial charge is 0.452 e. The number of furan rings is 1. The highest BCUT2D eigenvalue weighted by Gasteiger charge is 2.32. The molecule has 3 aromatic carbocycles. The summed E-state index contributed by atoms with van der Waals surface area (Å²) in [5, 5.41) is 1.59. The van der Waals surface area contributed by atoms with Gasteiger partial charge in [-0.2, -0.15) is 0 Å². The maximum Gasteiger partial charge on any atom is 0.452 e. The molecule has 0 spiro atoms. The Labute approximate surface area is 228 Å². The summed E-state index contributed by atoms with van der Waals surface area (Å²) in [7, 11) is 0. The number of halogens is 1. The van der Waals surface area contributed by atoms with E-state index in [-0.39, 0.29) is 11.2 Å². The average molecular weight is 515 g/mol. The lowest BCUT2D eigenvalue weighted by Crippen LogP contribution is -2.31. The molecule has 0 unspecified atom stereocenters. The van der Waals surface area contributed by atoms with Crippen LogP contribution in [0.15, 0.2) is 81.1 Å². The van der Waals surface area contributed by atoms with Crippen LogP contribution in [-0.4, -0.2) is 23.4 Å². The van der Waals surface area contributed by atoms with Gasteiger partial charge in [0.15, 0.2) is 0 Å². The lowest BCUT2D eigenvalue weighted by atomic mass is 9.66. The van der Waals surface area contributed by atoms with Gasteiger partial charge >= 0.3 is 6.98 Å². The third kappa shape index (κ3) is 4.48. The number of aromatic nitrogens is 1. The van der Waals surface area contributed by atoms with Crippen molar-refractivity contribution in [2.24, 2.45) is 15.2 Å². The van der Waals surface area contributed by atoms with E-state index in [0.29, 0.717) is 22.2 Å². The average Bonchev–Trinajstić information content (AvgIpc) is 3.43. The minimum atomic E-state index is -0.643. The van der Waals surface area contributed by atoms with Crippen molar-refractivity contribution in [3.63, 3.8) is 0 Å². The Morgan fingerprint density at radius 2 is 1.56 bits per heavy atom. The Kier molecular flexibility index (Phi) is 6.02. The van der Waals surface area contributed by atoms with Gasteiger partial charge in [-0.3, -0.25) is 4.98 Å². The van der Waals surface area contributed by atoms with E-state index in [9.17, 15) is 0 Å². The van der Waals surface area contributed by atoms with E-state index in [2.05, 4.69) is 43.6 Å². The summed E-state index contributed by atoms with van der Waals surface area (Å²) in [6, 6.07) is 19.6. The molecule has 0 bridgehead atoms. The number of pyridine rings is 1. The van der Waals surface area contributed by atoms with Gasteiger partial charge in [-0.25, -0.2) is 4.39 Å². The summed E-state index contributed by atoms with van der Waals surface area (Å²) in [6.07, 6.45) is 2.88. The van der Waals surface area contributed by atoms with Crippen molar-refractivity contribution >= 4 is 45.8 Å². The molecule has 0 saturated carbocycles. The molecular formula is C33H31BFN3O. The highest BCUT2D eigenvalue weighted by atomic mass is 19.1. The molecule has 6 heteroatoms. The lowest BCUT2D eigenvalue weighted by molar-refractivity contribution is 0.410. The fourth-order valence-corrected chi connectivity index (χ4v) is 5.45.